The first kappa shape index (κ1) is 15.6. The van der Waals surface area contributed by atoms with Gasteiger partial charge in [0.2, 0.25) is 0 Å². The molecule has 0 amide bonds. The summed E-state index contributed by atoms with van der Waals surface area (Å²) in [4.78, 5) is 0.255. The molecule has 0 spiro atoms. The molecule has 0 aliphatic rings. The highest BCUT2D eigenvalue weighted by molar-refractivity contribution is 7.80. The molecule has 3 nitrogen and oxygen atoms in total. The molecule has 0 aliphatic heterocycles. The zero-order valence-electron chi connectivity index (χ0n) is 11.9. The third-order valence-electron chi connectivity index (χ3n) is 3.07. The second-order valence-electron chi connectivity index (χ2n) is 4.45. The number of aryl methyl sites for hydroxylation is 1. The molecular weight excluding hydrogens is 306 g/mol. The average molecular weight is 322 g/mol. The molecule has 0 heterocycles. The van der Waals surface area contributed by atoms with E-state index in [2.05, 4.69) is 6.92 Å². The van der Waals surface area contributed by atoms with Gasteiger partial charge in [-0.05, 0) is 36.2 Å². The summed E-state index contributed by atoms with van der Waals surface area (Å²) in [6.45, 7) is 2.08. The lowest BCUT2D eigenvalue weighted by Gasteiger charge is -2.14. The van der Waals surface area contributed by atoms with E-state index in [4.69, 9.17) is 39.0 Å². The molecule has 0 bridgehead atoms. The fraction of sp³-hybridized carbons (Fsp3) is 0.188. The second kappa shape index (κ2) is 6.78. The van der Waals surface area contributed by atoms with Crippen LogP contribution in [0.4, 0.5) is 0 Å². The third-order valence-corrected chi connectivity index (χ3v) is 3.52. The van der Waals surface area contributed by atoms with Crippen molar-refractivity contribution in [2.75, 3.05) is 7.11 Å². The molecule has 0 fully saturated rings. The van der Waals surface area contributed by atoms with Crippen LogP contribution in [0.25, 0.3) is 0 Å². The molecule has 2 aromatic rings. The van der Waals surface area contributed by atoms with E-state index in [-0.39, 0.29) is 4.99 Å². The molecule has 0 saturated carbocycles. The molecule has 0 atom stereocenters. The van der Waals surface area contributed by atoms with Gasteiger partial charge in [-0.15, -0.1) is 0 Å². The molecule has 2 aromatic carbocycles. The molecule has 21 heavy (non-hydrogen) atoms. The summed E-state index contributed by atoms with van der Waals surface area (Å²) in [5.41, 5.74) is 7.51. The minimum atomic E-state index is 0.255. The van der Waals surface area contributed by atoms with Crippen molar-refractivity contribution in [3.8, 4) is 17.2 Å². The number of thiocarbonyl (C=S) groups is 1. The van der Waals surface area contributed by atoms with Crippen LogP contribution in [-0.4, -0.2) is 12.1 Å². The van der Waals surface area contributed by atoms with Crippen molar-refractivity contribution in [1.82, 2.24) is 0 Å². The van der Waals surface area contributed by atoms with Crippen LogP contribution >= 0.6 is 23.8 Å². The van der Waals surface area contributed by atoms with Crippen molar-refractivity contribution in [3.05, 3.63) is 52.5 Å². The highest BCUT2D eigenvalue weighted by Crippen LogP contribution is 2.35. The van der Waals surface area contributed by atoms with Gasteiger partial charge in [-0.25, -0.2) is 0 Å². The summed E-state index contributed by atoms with van der Waals surface area (Å²) in [6.07, 6.45) is 0.923. The van der Waals surface area contributed by atoms with Crippen LogP contribution in [-0.2, 0) is 6.42 Å². The zero-order valence-corrected chi connectivity index (χ0v) is 13.4. The highest BCUT2D eigenvalue weighted by atomic mass is 35.5. The zero-order chi connectivity index (χ0) is 15.4. The normalized spacial score (nSPS) is 10.2. The summed E-state index contributed by atoms with van der Waals surface area (Å²) >= 11 is 11.0. The Morgan fingerprint density at radius 1 is 1.14 bits per heavy atom. The van der Waals surface area contributed by atoms with Crippen LogP contribution < -0.4 is 15.2 Å². The standard InChI is InChI=1S/C16H16ClNO2S/c1-3-10-4-7-13(15(8-10)19-2)20-14-9-11(17)5-6-12(14)16(18)21/h4-9H,3H2,1-2H3,(H2,18,21). The molecule has 0 saturated heterocycles. The van der Waals surface area contributed by atoms with E-state index >= 15 is 0 Å². The SMILES string of the molecule is CCc1ccc(Oc2cc(Cl)ccc2C(N)=S)c(OC)c1. The summed E-state index contributed by atoms with van der Waals surface area (Å²) in [5.74, 6) is 1.76. The van der Waals surface area contributed by atoms with E-state index in [1.54, 1.807) is 25.3 Å². The number of methoxy groups -OCH3 is 1. The summed E-state index contributed by atoms with van der Waals surface area (Å²) in [7, 11) is 1.61. The molecule has 2 rings (SSSR count). The molecule has 110 valence electrons. The topological polar surface area (TPSA) is 44.5 Å². The van der Waals surface area contributed by atoms with E-state index in [9.17, 15) is 0 Å². The Kier molecular flexibility index (Phi) is 5.04. The van der Waals surface area contributed by atoms with Crippen molar-refractivity contribution in [3.63, 3.8) is 0 Å². The number of rotatable bonds is 5. The molecular formula is C16H16ClNO2S. The number of hydrogen-bond donors (Lipinski definition) is 1. The van der Waals surface area contributed by atoms with Gasteiger partial charge in [0.15, 0.2) is 11.5 Å². The van der Waals surface area contributed by atoms with Crippen molar-refractivity contribution >= 4 is 28.8 Å². The Balaban J connectivity index is 2.42. The van der Waals surface area contributed by atoms with Crippen LogP contribution in [0, 0.1) is 0 Å². The summed E-state index contributed by atoms with van der Waals surface area (Å²) in [5, 5.41) is 0.550. The van der Waals surface area contributed by atoms with E-state index in [0.717, 1.165) is 6.42 Å². The Morgan fingerprint density at radius 2 is 1.90 bits per heavy atom. The first-order valence-corrected chi connectivity index (χ1v) is 7.28. The molecule has 2 N–H and O–H groups in total. The predicted octanol–water partition coefficient (Wildman–Crippen LogP) is 4.34. The van der Waals surface area contributed by atoms with Crippen LogP contribution in [0.3, 0.4) is 0 Å². The quantitative estimate of drug-likeness (QED) is 0.832. The third kappa shape index (κ3) is 3.65. The molecule has 5 heteroatoms. The van der Waals surface area contributed by atoms with Crippen molar-refractivity contribution in [2.24, 2.45) is 5.73 Å². The average Bonchev–Trinajstić information content (AvgIpc) is 2.47. The van der Waals surface area contributed by atoms with E-state index in [1.807, 2.05) is 18.2 Å². The largest absolute Gasteiger partial charge is 0.493 e. The molecule has 0 radical (unpaired) electrons. The van der Waals surface area contributed by atoms with Gasteiger partial charge >= 0.3 is 0 Å². The maximum absolute atomic E-state index is 6.01. The van der Waals surface area contributed by atoms with Gasteiger partial charge in [-0.3, -0.25) is 0 Å². The Hall–Kier alpha value is -1.78. The molecule has 0 aromatic heterocycles. The maximum atomic E-state index is 6.01. The Morgan fingerprint density at radius 3 is 2.52 bits per heavy atom. The lowest BCUT2D eigenvalue weighted by Crippen LogP contribution is -2.10. The Bertz CT molecular complexity index is 673. The van der Waals surface area contributed by atoms with E-state index in [1.165, 1.54) is 5.56 Å². The van der Waals surface area contributed by atoms with Gasteiger partial charge in [-0.2, -0.15) is 0 Å². The number of halogens is 1. The van der Waals surface area contributed by atoms with Gasteiger partial charge in [0.1, 0.15) is 10.7 Å². The predicted molar refractivity (Wildman–Crippen MR) is 89.8 cm³/mol. The lowest BCUT2D eigenvalue weighted by molar-refractivity contribution is 0.378. The fourth-order valence-electron chi connectivity index (χ4n) is 1.92. The van der Waals surface area contributed by atoms with Gasteiger partial charge in [-0.1, -0.05) is 36.8 Å². The van der Waals surface area contributed by atoms with Gasteiger partial charge < -0.3 is 15.2 Å². The van der Waals surface area contributed by atoms with Crippen molar-refractivity contribution < 1.29 is 9.47 Å². The van der Waals surface area contributed by atoms with Gasteiger partial charge in [0, 0.05) is 11.1 Å². The van der Waals surface area contributed by atoms with Crippen LogP contribution in [0.5, 0.6) is 17.2 Å². The van der Waals surface area contributed by atoms with Gasteiger partial charge in [0.25, 0.3) is 0 Å². The summed E-state index contributed by atoms with van der Waals surface area (Å²) in [6, 6.07) is 10.9. The van der Waals surface area contributed by atoms with Crippen LogP contribution in [0.15, 0.2) is 36.4 Å². The van der Waals surface area contributed by atoms with E-state index in [0.29, 0.717) is 27.8 Å². The highest BCUT2D eigenvalue weighted by Gasteiger charge is 2.12. The summed E-state index contributed by atoms with van der Waals surface area (Å²) < 4.78 is 11.3. The van der Waals surface area contributed by atoms with Crippen molar-refractivity contribution in [1.29, 1.82) is 0 Å². The first-order chi connectivity index (χ1) is 10.0. The number of benzene rings is 2. The molecule has 0 aliphatic carbocycles. The van der Waals surface area contributed by atoms with E-state index < -0.39 is 0 Å². The van der Waals surface area contributed by atoms with Crippen molar-refractivity contribution in [2.45, 2.75) is 13.3 Å². The minimum Gasteiger partial charge on any atom is -0.493 e. The van der Waals surface area contributed by atoms with Gasteiger partial charge in [0.05, 0.1) is 12.7 Å². The molecule has 0 unspecified atom stereocenters. The first-order valence-electron chi connectivity index (χ1n) is 6.49. The monoisotopic (exact) mass is 321 g/mol. The Labute approximate surface area is 134 Å². The minimum absolute atomic E-state index is 0.255. The second-order valence-corrected chi connectivity index (χ2v) is 5.32. The number of ether oxygens (including phenoxy) is 2. The van der Waals surface area contributed by atoms with Crippen LogP contribution in [0.1, 0.15) is 18.1 Å². The smallest absolute Gasteiger partial charge is 0.169 e. The maximum Gasteiger partial charge on any atom is 0.169 e. The number of nitrogens with two attached hydrogens (primary N) is 1. The number of hydrogen-bond acceptors (Lipinski definition) is 3. The fourth-order valence-corrected chi connectivity index (χ4v) is 2.25. The van der Waals surface area contributed by atoms with Crippen LogP contribution in [0.2, 0.25) is 5.02 Å². The lowest BCUT2D eigenvalue weighted by atomic mass is 10.1.